The fourth-order valence-corrected chi connectivity index (χ4v) is 6.25. The van der Waals surface area contributed by atoms with Crippen LogP contribution in [0.25, 0.3) is 21.9 Å². The lowest BCUT2D eigenvalue weighted by Crippen LogP contribution is -2.54. The van der Waals surface area contributed by atoms with Crippen LogP contribution in [-0.4, -0.2) is 20.5 Å². The molecule has 4 aliphatic rings. The summed E-state index contributed by atoms with van der Waals surface area (Å²) >= 11 is 0. The first-order chi connectivity index (χ1) is 11.8. The first-order valence-corrected chi connectivity index (χ1v) is 9.28. The predicted molar refractivity (Wildman–Crippen MR) is 95.9 cm³/mol. The molecule has 0 radical (unpaired) electrons. The molecule has 7 rings (SSSR count). The molecule has 2 heterocycles. The minimum absolute atomic E-state index is 0.271. The normalized spacial score (nSPS) is 34.2. The molecule has 24 heavy (non-hydrogen) atoms. The first-order valence-electron chi connectivity index (χ1n) is 9.28. The van der Waals surface area contributed by atoms with Gasteiger partial charge in [0.05, 0.1) is 0 Å². The Bertz CT molecular complexity index is 906. The Kier molecular flexibility index (Phi) is 2.48. The second-order valence-corrected chi connectivity index (χ2v) is 8.44. The van der Waals surface area contributed by atoms with Gasteiger partial charge < -0.3 is 10.3 Å². The summed E-state index contributed by atoms with van der Waals surface area (Å²) in [5, 5.41) is 5.09. The summed E-state index contributed by atoms with van der Waals surface area (Å²) < 4.78 is 0. The first kappa shape index (κ1) is 13.2. The lowest BCUT2D eigenvalue weighted by molar-refractivity contribution is 0.0106. The van der Waals surface area contributed by atoms with Crippen molar-refractivity contribution >= 4 is 27.8 Å². The maximum absolute atomic E-state index is 4.62. The number of hydrogen-bond donors (Lipinski definition) is 2. The van der Waals surface area contributed by atoms with Gasteiger partial charge in [-0.15, -0.1) is 0 Å². The lowest BCUT2D eigenvalue weighted by Gasteiger charge is -2.57. The van der Waals surface area contributed by atoms with E-state index in [1.807, 2.05) is 0 Å². The average Bonchev–Trinajstić information content (AvgIpc) is 2.93. The lowest BCUT2D eigenvalue weighted by atomic mass is 9.53. The third-order valence-electron chi connectivity index (χ3n) is 6.71. The molecule has 0 saturated heterocycles. The summed E-state index contributed by atoms with van der Waals surface area (Å²) in [6.07, 6.45) is 10.1. The van der Waals surface area contributed by atoms with Crippen LogP contribution < -0.4 is 5.32 Å². The molecule has 122 valence electrons. The van der Waals surface area contributed by atoms with Gasteiger partial charge in [0.1, 0.15) is 17.4 Å². The van der Waals surface area contributed by atoms with E-state index in [-0.39, 0.29) is 5.54 Å². The fourth-order valence-electron chi connectivity index (χ4n) is 6.25. The summed E-state index contributed by atoms with van der Waals surface area (Å²) in [6, 6.07) is 8.39. The summed E-state index contributed by atoms with van der Waals surface area (Å²) in [6.45, 7) is 0. The Labute approximate surface area is 141 Å². The molecule has 2 aromatic heterocycles. The van der Waals surface area contributed by atoms with Gasteiger partial charge in [-0.1, -0.05) is 18.2 Å². The van der Waals surface area contributed by atoms with Crippen LogP contribution in [0, 0.1) is 17.8 Å². The molecule has 4 nitrogen and oxygen atoms in total. The minimum atomic E-state index is 0.271. The number of aromatic amines is 1. The van der Waals surface area contributed by atoms with Crippen molar-refractivity contribution in [2.75, 3.05) is 5.32 Å². The Morgan fingerprint density at radius 1 is 0.958 bits per heavy atom. The highest BCUT2D eigenvalue weighted by atomic mass is 15.1. The summed E-state index contributed by atoms with van der Waals surface area (Å²) in [4.78, 5) is 12.7. The van der Waals surface area contributed by atoms with Crippen molar-refractivity contribution in [2.45, 2.75) is 44.1 Å². The van der Waals surface area contributed by atoms with Gasteiger partial charge >= 0.3 is 0 Å². The van der Waals surface area contributed by atoms with E-state index in [1.54, 1.807) is 6.33 Å². The molecule has 0 amide bonds. The molecule has 1 aromatic carbocycles. The summed E-state index contributed by atoms with van der Waals surface area (Å²) in [5.74, 6) is 3.80. The van der Waals surface area contributed by atoms with Gasteiger partial charge in [-0.2, -0.15) is 0 Å². The molecule has 2 N–H and O–H groups in total. The van der Waals surface area contributed by atoms with Crippen molar-refractivity contribution in [1.82, 2.24) is 15.0 Å². The van der Waals surface area contributed by atoms with E-state index in [4.69, 9.17) is 0 Å². The van der Waals surface area contributed by atoms with Crippen molar-refractivity contribution in [1.29, 1.82) is 0 Å². The van der Waals surface area contributed by atoms with E-state index in [0.717, 1.165) is 40.1 Å². The highest BCUT2D eigenvalue weighted by Gasteiger charge is 2.51. The Morgan fingerprint density at radius 2 is 1.67 bits per heavy atom. The van der Waals surface area contributed by atoms with Crippen LogP contribution in [0.2, 0.25) is 0 Å². The third-order valence-corrected chi connectivity index (χ3v) is 6.71. The third kappa shape index (κ3) is 1.80. The number of benzene rings is 1. The molecular weight excluding hydrogens is 296 g/mol. The zero-order valence-electron chi connectivity index (χ0n) is 13.8. The molecule has 4 fully saturated rings. The monoisotopic (exact) mass is 318 g/mol. The standard InChI is InChI=1S/C20H22N4/c1-2-4-16-15(3-1)17-18(23-16)19(22-11-21-17)24-20-8-12-5-13(9-20)7-14(6-12)10-20/h1-4,11-14,23H,5-10H2,(H,21,22,24). The van der Waals surface area contributed by atoms with Crippen LogP contribution >= 0.6 is 0 Å². The van der Waals surface area contributed by atoms with Crippen LogP contribution in [0.3, 0.4) is 0 Å². The largest absolute Gasteiger partial charge is 0.363 e. The topological polar surface area (TPSA) is 53.6 Å². The predicted octanol–water partition coefficient (Wildman–Crippen LogP) is 4.49. The van der Waals surface area contributed by atoms with Crippen LogP contribution in [0.4, 0.5) is 5.82 Å². The number of rotatable bonds is 2. The van der Waals surface area contributed by atoms with E-state index >= 15 is 0 Å². The number of H-pyrrole nitrogens is 1. The Morgan fingerprint density at radius 3 is 2.42 bits per heavy atom. The minimum Gasteiger partial charge on any atom is -0.363 e. The fraction of sp³-hybridized carbons (Fsp3) is 0.500. The van der Waals surface area contributed by atoms with Crippen molar-refractivity contribution in [3.05, 3.63) is 30.6 Å². The highest BCUT2D eigenvalue weighted by molar-refractivity contribution is 6.08. The highest BCUT2D eigenvalue weighted by Crippen LogP contribution is 2.56. The molecule has 4 bridgehead atoms. The summed E-state index contributed by atoms with van der Waals surface area (Å²) in [5.41, 5.74) is 3.51. The number of anilines is 1. The number of hydrogen-bond acceptors (Lipinski definition) is 3. The van der Waals surface area contributed by atoms with Gasteiger partial charge in [0.25, 0.3) is 0 Å². The van der Waals surface area contributed by atoms with Gasteiger partial charge in [0.15, 0.2) is 5.82 Å². The van der Waals surface area contributed by atoms with E-state index in [0.29, 0.717) is 0 Å². The molecule has 4 heteroatoms. The zero-order chi connectivity index (χ0) is 15.7. The van der Waals surface area contributed by atoms with Gasteiger partial charge in [0.2, 0.25) is 0 Å². The number of fused-ring (bicyclic) bond motifs is 3. The van der Waals surface area contributed by atoms with E-state index in [1.165, 1.54) is 43.9 Å². The second kappa shape index (κ2) is 4.50. The summed E-state index contributed by atoms with van der Waals surface area (Å²) in [7, 11) is 0. The van der Waals surface area contributed by atoms with Crippen molar-refractivity contribution in [2.24, 2.45) is 17.8 Å². The number of para-hydroxylation sites is 1. The number of nitrogens with zero attached hydrogens (tertiary/aromatic N) is 2. The molecule has 3 aromatic rings. The Balaban J connectivity index is 1.46. The molecule has 0 aliphatic heterocycles. The molecule has 0 spiro atoms. The van der Waals surface area contributed by atoms with Crippen LogP contribution in [0.5, 0.6) is 0 Å². The van der Waals surface area contributed by atoms with E-state index < -0.39 is 0 Å². The van der Waals surface area contributed by atoms with Crippen molar-refractivity contribution in [3.63, 3.8) is 0 Å². The van der Waals surface area contributed by atoms with Gasteiger partial charge in [-0.25, -0.2) is 9.97 Å². The van der Waals surface area contributed by atoms with Gasteiger partial charge in [-0.3, -0.25) is 0 Å². The maximum Gasteiger partial charge on any atom is 0.154 e. The molecular formula is C20H22N4. The van der Waals surface area contributed by atoms with Crippen LogP contribution in [0.1, 0.15) is 38.5 Å². The maximum atomic E-state index is 4.62. The smallest absolute Gasteiger partial charge is 0.154 e. The molecule has 4 aliphatic carbocycles. The molecule has 0 unspecified atom stereocenters. The molecule has 0 atom stereocenters. The molecule has 4 saturated carbocycles. The van der Waals surface area contributed by atoms with E-state index in [9.17, 15) is 0 Å². The number of nitrogens with one attached hydrogen (secondary N) is 2. The van der Waals surface area contributed by atoms with Crippen molar-refractivity contribution < 1.29 is 0 Å². The van der Waals surface area contributed by atoms with Gasteiger partial charge in [0, 0.05) is 16.4 Å². The van der Waals surface area contributed by atoms with Crippen LogP contribution in [0.15, 0.2) is 30.6 Å². The zero-order valence-corrected chi connectivity index (χ0v) is 13.8. The quantitative estimate of drug-likeness (QED) is 0.732. The van der Waals surface area contributed by atoms with E-state index in [2.05, 4.69) is 44.5 Å². The Hall–Kier alpha value is -2.10. The van der Waals surface area contributed by atoms with Crippen LogP contribution in [-0.2, 0) is 0 Å². The van der Waals surface area contributed by atoms with Crippen molar-refractivity contribution in [3.8, 4) is 0 Å². The van der Waals surface area contributed by atoms with Gasteiger partial charge in [-0.05, 0) is 62.3 Å². The average molecular weight is 318 g/mol. The SMILES string of the molecule is c1ccc2c(c1)[nH]c1c(NC34CC5CC(CC(C5)C3)C4)ncnc12. The second-order valence-electron chi connectivity index (χ2n) is 8.44. The number of aromatic nitrogens is 3.